The molecule has 0 aliphatic carbocycles. The highest BCUT2D eigenvalue weighted by molar-refractivity contribution is 5.94. The highest BCUT2D eigenvalue weighted by Crippen LogP contribution is 2.10. The van der Waals surface area contributed by atoms with Gasteiger partial charge in [-0.3, -0.25) is 14.5 Å². The zero-order chi connectivity index (χ0) is 23.5. The van der Waals surface area contributed by atoms with Gasteiger partial charge in [-0.15, -0.1) is 0 Å². The summed E-state index contributed by atoms with van der Waals surface area (Å²) in [6, 6.07) is 17.9. The van der Waals surface area contributed by atoms with Crippen LogP contribution in [-0.2, 0) is 19.6 Å². The molecule has 0 saturated carbocycles. The Balaban J connectivity index is 1.53. The maximum atomic E-state index is 12.4. The van der Waals surface area contributed by atoms with Crippen LogP contribution in [-0.4, -0.2) is 60.8 Å². The van der Waals surface area contributed by atoms with Gasteiger partial charge in [0.15, 0.2) is 5.96 Å². The zero-order valence-electron chi connectivity index (χ0n) is 19.6. The Labute approximate surface area is 195 Å². The van der Waals surface area contributed by atoms with Crippen molar-refractivity contribution in [3.05, 3.63) is 89.2 Å². The lowest BCUT2D eigenvalue weighted by atomic mass is 10.1. The van der Waals surface area contributed by atoms with Crippen molar-refractivity contribution >= 4 is 11.9 Å². The number of aromatic nitrogens is 2. The molecule has 33 heavy (non-hydrogen) atoms. The number of likely N-dealkylation sites (N-methyl/N-ethyl adjacent to an activating group) is 1. The molecule has 8 nitrogen and oxygen atoms in total. The molecule has 174 valence electrons. The van der Waals surface area contributed by atoms with Gasteiger partial charge in [0, 0.05) is 51.2 Å². The molecule has 0 aliphatic heterocycles. The number of hydrogen-bond acceptors (Lipinski definition) is 4. The van der Waals surface area contributed by atoms with E-state index in [1.807, 2.05) is 72.3 Å². The minimum atomic E-state index is -0.0602. The standard InChI is InChI=1S/C25H33N7O/c1-26-25(29-18-22-9-4-5-10-23(22)19-32-14-7-12-30-32)28-17-20-8-6-11-21(16-20)24(33)27-13-15-31(2)3/h4-12,14,16H,13,15,17-19H2,1-3H3,(H,27,33)(H2,26,28,29). The summed E-state index contributed by atoms with van der Waals surface area (Å²) >= 11 is 0. The molecule has 0 bridgehead atoms. The number of rotatable bonds is 10. The van der Waals surface area contributed by atoms with Crippen LogP contribution in [0.15, 0.2) is 72.0 Å². The molecule has 1 amide bonds. The van der Waals surface area contributed by atoms with Crippen molar-refractivity contribution in [3.63, 3.8) is 0 Å². The number of hydrogen-bond donors (Lipinski definition) is 3. The largest absolute Gasteiger partial charge is 0.352 e. The average molecular weight is 448 g/mol. The van der Waals surface area contributed by atoms with Crippen LogP contribution in [0.3, 0.4) is 0 Å². The van der Waals surface area contributed by atoms with Crippen molar-refractivity contribution < 1.29 is 4.79 Å². The van der Waals surface area contributed by atoms with E-state index in [4.69, 9.17) is 0 Å². The summed E-state index contributed by atoms with van der Waals surface area (Å²) < 4.78 is 1.91. The van der Waals surface area contributed by atoms with Crippen molar-refractivity contribution in [3.8, 4) is 0 Å². The molecule has 0 atom stereocenters. The molecule has 0 unspecified atom stereocenters. The molecule has 0 spiro atoms. The summed E-state index contributed by atoms with van der Waals surface area (Å²) in [7, 11) is 5.72. The lowest BCUT2D eigenvalue weighted by molar-refractivity contribution is 0.0951. The van der Waals surface area contributed by atoms with E-state index in [0.29, 0.717) is 31.2 Å². The fourth-order valence-corrected chi connectivity index (χ4v) is 3.36. The molecule has 8 heteroatoms. The molecule has 3 N–H and O–H groups in total. The molecule has 0 fully saturated rings. The van der Waals surface area contributed by atoms with Gasteiger partial charge in [-0.25, -0.2) is 0 Å². The van der Waals surface area contributed by atoms with Gasteiger partial charge in [-0.05, 0) is 49.0 Å². The number of benzene rings is 2. The van der Waals surface area contributed by atoms with Crippen molar-refractivity contribution in [2.45, 2.75) is 19.6 Å². The molecule has 3 aromatic rings. The summed E-state index contributed by atoms with van der Waals surface area (Å²) in [5.74, 6) is 0.639. The highest BCUT2D eigenvalue weighted by atomic mass is 16.1. The SMILES string of the molecule is CN=C(NCc1cccc(C(=O)NCCN(C)C)c1)NCc1ccccc1Cn1cccn1. The Morgan fingerprint density at radius 2 is 1.79 bits per heavy atom. The number of guanidine groups is 1. The molecule has 2 aromatic carbocycles. The molecular formula is C25H33N7O. The van der Waals surface area contributed by atoms with Crippen LogP contribution in [0.25, 0.3) is 0 Å². The summed E-state index contributed by atoms with van der Waals surface area (Å²) in [4.78, 5) is 18.8. The van der Waals surface area contributed by atoms with E-state index in [2.05, 4.69) is 38.2 Å². The van der Waals surface area contributed by atoms with E-state index in [1.54, 1.807) is 13.2 Å². The predicted octanol–water partition coefficient (Wildman–Crippen LogP) is 2.09. The normalized spacial score (nSPS) is 11.5. The summed E-state index contributed by atoms with van der Waals surface area (Å²) in [5, 5.41) is 14.0. The smallest absolute Gasteiger partial charge is 0.251 e. The lowest BCUT2D eigenvalue weighted by Crippen LogP contribution is -2.36. The molecule has 1 heterocycles. The monoisotopic (exact) mass is 447 g/mol. The first-order valence-corrected chi connectivity index (χ1v) is 11.1. The first-order chi connectivity index (χ1) is 16.0. The predicted molar refractivity (Wildman–Crippen MR) is 132 cm³/mol. The van der Waals surface area contributed by atoms with Gasteiger partial charge in [0.05, 0.1) is 6.54 Å². The Kier molecular flexibility index (Phi) is 9.02. The quantitative estimate of drug-likeness (QED) is 0.327. The van der Waals surface area contributed by atoms with Crippen LogP contribution >= 0.6 is 0 Å². The summed E-state index contributed by atoms with van der Waals surface area (Å²) in [6.07, 6.45) is 3.75. The first-order valence-electron chi connectivity index (χ1n) is 11.1. The van der Waals surface area contributed by atoms with Crippen molar-refractivity contribution in [1.82, 2.24) is 30.6 Å². The maximum Gasteiger partial charge on any atom is 0.251 e. The van der Waals surface area contributed by atoms with E-state index < -0.39 is 0 Å². The van der Waals surface area contributed by atoms with E-state index in [1.165, 1.54) is 11.1 Å². The number of carbonyl (C=O) groups is 1. The minimum Gasteiger partial charge on any atom is -0.352 e. The summed E-state index contributed by atoms with van der Waals surface area (Å²) in [5.41, 5.74) is 4.06. The third kappa shape index (κ3) is 7.76. The Morgan fingerprint density at radius 3 is 2.52 bits per heavy atom. The Hall–Kier alpha value is -3.65. The number of aliphatic imine (C=N–C) groups is 1. The molecule has 3 rings (SSSR count). The van der Waals surface area contributed by atoms with Crippen LogP contribution in [0.2, 0.25) is 0 Å². The minimum absolute atomic E-state index is 0.0602. The second-order valence-corrected chi connectivity index (χ2v) is 8.01. The maximum absolute atomic E-state index is 12.4. The van der Waals surface area contributed by atoms with Gasteiger partial charge in [-0.1, -0.05) is 36.4 Å². The molecule has 0 aliphatic rings. The average Bonchev–Trinajstić information content (AvgIpc) is 3.33. The second kappa shape index (κ2) is 12.4. The number of nitrogens with zero attached hydrogens (tertiary/aromatic N) is 4. The number of amides is 1. The molecule has 0 radical (unpaired) electrons. The van der Waals surface area contributed by atoms with Crippen molar-refractivity contribution in [2.75, 3.05) is 34.2 Å². The molecular weight excluding hydrogens is 414 g/mol. The Bertz CT molecular complexity index is 1040. The van der Waals surface area contributed by atoms with E-state index in [0.717, 1.165) is 18.7 Å². The van der Waals surface area contributed by atoms with Crippen LogP contribution in [0.4, 0.5) is 0 Å². The third-order valence-electron chi connectivity index (χ3n) is 5.17. The van der Waals surface area contributed by atoms with E-state index in [-0.39, 0.29) is 5.91 Å². The van der Waals surface area contributed by atoms with Crippen LogP contribution in [0.5, 0.6) is 0 Å². The van der Waals surface area contributed by atoms with Crippen LogP contribution in [0, 0.1) is 0 Å². The zero-order valence-corrected chi connectivity index (χ0v) is 19.6. The fraction of sp³-hybridized carbons (Fsp3) is 0.320. The summed E-state index contributed by atoms with van der Waals surface area (Å²) in [6.45, 7) is 3.35. The molecule has 1 aromatic heterocycles. The van der Waals surface area contributed by atoms with Gasteiger partial charge in [0.1, 0.15) is 0 Å². The van der Waals surface area contributed by atoms with Crippen LogP contribution < -0.4 is 16.0 Å². The van der Waals surface area contributed by atoms with Crippen molar-refractivity contribution in [1.29, 1.82) is 0 Å². The van der Waals surface area contributed by atoms with Crippen molar-refractivity contribution in [2.24, 2.45) is 4.99 Å². The lowest BCUT2D eigenvalue weighted by Gasteiger charge is -2.15. The van der Waals surface area contributed by atoms with Gasteiger partial charge < -0.3 is 20.9 Å². The van der Waals surface area contributed by atoms with E-state index >= 15 is 0 Å². The van der Waals surface area contributed by atoms with Gasteiger partial charge in [0.25, 0.3) is 5.91 Å². The number of carbonyl (C=O) groups excluding carboxylic acids is 1. The van der Waals surface area contributed by atoms with Gasteiger partial charge in [-0.2, -0.15) is 5.10 Å². The highest BCUT2D eigenvalue weighted by Gasteiger charge is 2.08. The Morgan fingerprint density at radius 1 is 1.00 bits per heavy atom. The third-order valence-corrected chi connectivity index (χ3v) is 5.17. The first kappa shape index (κ1) is 24.0. The van der Waals surface area contributed by atoms with E-state index in [9.17, 15) is 4.79 Å². The number of nitrogens with one attached hydrogen (secondary N) is 3. The van der Waals surface area contributed by atoms with Crippen LogP contribution in [0.1, 0.15) is 27.0 Å². The topological polar surface area (TPSA) is 86.6 Å². The van der Waals surface area contributed by atoms with Gasteiger partial charge in [0.2, 0.25) is 0 Å². The second-order valence-electron chi connectivity index (χ2n) is 8.01. The molecule has 0 saturated heterocycles. The van der Waals surface area contributed by atoms with Gasteiger partial charge >= 0.3 is 0 Å². The fourth-order valence-electron chi connectivity index (χ4n) is 3.36.